The third kappa shape index (κ3) is 8.78. The molecule has 170 valence electrons. The van der Waals surface area contributed by atoms with Gasteiger partial charge in [0.15, 0.2) is 0 Å². The molecule has 11 nitrogen and oxygen atoms in total. The Bertz CT molecular complexity index is 937. The largest absolute Gasteiger partial charge is 0.481 e. The zero-order chi connectivity index (χ0) is 23.3. The highest BCUT2D eigenvalue weighted by atomic mass is 16.6. The second kappa shape index (κ2) is 12.6. The first-order chi connectivity index (χ1) is 15.3. The Morgan fingerprint density at radius 3 is 2.59 bits per heavy atom. The van der Waals surface area contributed by atoms with Gasteiger partial charge in [0.2, 0.25) is 11.8 Å². The Hall–Kier alpha value is -4.02. The van der Waals surface area contributed by atoms with E-state index in [-0.39, 0.29) is 24.6 Å². The summed E-state index contributed by atoms with van der Waals surface area (Å²) in [7, 11) is 0. The molecule has 2 rings (SSSR count). The van der Waals surface area contributed by atoms with Gasteiger partial charge in [-0.15, -0.1) is 0 Å². The van der Waals surface area contributed by atoms with Crippen molar-refractivity contribution < 1.29 is 24.4 Å². The molecule has 4 N–H and O–H groups in total. The molecule has 0 aliphatic rings. The molecule has 0 aliphatic heterocycles. The summed E-state index contributed by atoms with van der Waals surface area (Å²) < 4.78 is 0. The van der Waals surface area contributed by atoms with Crippen molar-refractivity contribution in [1.29, 1.82) is 0 Å². The lowest BCUT2D eigenvalue weighted by Crippen LogP contribution is -2.39. The Morgan fingerprint density at radius 1 is 1.09 bits per heavy atom. The zero-order valence-corrected chi connectivity index (χ0v) is 17.3. The Kier molecular flexibility index (Phi) is 9.57. The van der Waals surface area contributed by atoms with Crippen LogP contribution in [0.15, 0.2) is 48.7 Å². The lowest BCUT2D eigenvalue weighted by atomic mass is 10.0. The fourth-order valence-corrected chi connectivity index (χ4v) is 2.89. The summed E-state index contributed by atoms with van der Waals surface area (Å²) in [6.45, 7) is 0.334. The van der Waals surface area contributed by atoms with Crippen LogP contribution in [0.5, 0.6) is 0 Å². The van der Waals surface area contributed by atoms with Crippen LogP contribution >= 0.6 is 0 Å². The van der Waals surface area contributed by atoms with Gasteiger partial charge in [-0.2, -0.15) is 0 Å². The Balaban J connectivity index is 1.75. The minimum absolute atomic E-state index is 0.210. The molecule has 1 unspecified atom stereocenters. The van der Waals surface area contributed by atoms with E-state index in [0.717, 1.165) is 12.2 Å². The van der Waals surface area contributed by atoms with Crippen molar-refractivity contribution in [1.82, 2.24) is 15.6 Å². The van der Waals surface area contributed by atoms with E-state index < -0.39 is 29.3 Å². The van der Waals surface area contributed by atoms with E-state index in [1.807, 2.05) is 18.2 Å². The van der Waals surface area contributed by atoms with Crippen molar-refractivity contribution in [2.75, 3.05) is 18.4 Å². The van der Waals surface area contributed by atoms with Crippen LogP contribution in [-0.4, -0.2) is 45.9 Å². The minimum Gasteiger partial charge on any atom is -0.481 e. The minimum atomic E-state index is -1.18. The predicted molar refractivity (Wildman–Crippen MR) is 116 cm³/mol. The molecule has 0 aliphatic carbocycles. The van der Waals surface area contributed by atoms with Gasteiger partial charge in [0.1, 0.15) is 5.82 Å². The van der Waals surface area contributed by atoms with Crippen LogP contribution in [0.3, 0.4) is 0 Å². The second-order valence-corrected chi connectivity index (χ2v) is 6.95. The maximum absolute atomic E-state index is 12.2. The zero-order valence-electron chi connectivity index (χ0n) is 17.3. The van der Waals surface area contributed by atoms with Crippen molar-refractivity contribution in [3.05, 3.63) is 64.3 Å². The third-order valence-corrected chi connectivity index (χ3v) is 4.45. The summed E-state index contributed by atoms with van der Waals surface area (Å²) >= 11 is 0. The van der Waals surface area contributed by atoms with Crippen molar-refractivity contribution in [3.63, 3.8) is 0 Å². The van der Waals surface area contributed by atoms with Crippen LogP contribution in [0.25, 0.3) is 0 Å². The van der Waals surface area contributed by atoms with Crippen LogP contribution in [-0.2, 0) is 14.4 Å². The van der Waals surface area contributed by atoms with Crippen molar-refractivity contribution >= 4 is 29.3 Å². The van der Waals surface area contributed by atoms with E-state index in [4.69, 9.17) is 5.11 Å². The summed E-state index contributed by atoms with van der Waals surface area (Å²) in [5, 5.41) is 28.2. The number of pyridine rings is 1. The molecule has 32 heavy (non-hydrogen) atoms. The number of nitro groups is 1. The Labute approximate surface area is 184 Å². The molecule has 0 radical (unpaired) electrons. The molecule has 2 amide bonds. The van der Waals surface area contributed by atoms with Crippen LogP contribution in [0, 0.1) is 10.1 Å². The number of unbranched alkanes of at least 4 members (excludes halogenated alkanes) is 1. The molecule has 0 bridgehead atoms. The fourth-order valence-electron chi connectivity index (χ4n) is 2.89. The number of carboxylic acid groups (broad SMARTS) is 1. The highest BCUT2D eigenvalue weighted by Gasteiger charge is 2.20. The Morgan fingerprint density at radius 2 is 1.91 bits per heavy atom. The van der Waals surface area contributed by atoms with Crippen LogP contribution in [0.2, 0.25) is 0 Å². The number of hydrogen-bond acceptors (Lipinski definition) is 7. The van der Waals surface area contributed by atoms with Crippen LogP contribution < -0.4 is 16.0 Å². The average molecular weight is 443 g/mol. The lowest BCUT2D eigenvalue weighted by molar-refractivity contribution is -0.384. The molecule has 1 aromatic heterocycles. The number of non-ortho nitro benzene ring substituents is 1. The SMILES string of the molecule is O=C(O)CC(NC(=O)CNC(=O)CCCCNc1ccccn1)c1cccc([N+](=O)[O-])c1. The van der Waals surface area contributed by atoms with Crippen LogP contribution in [0.1, 0.15) is 37.3 Å². The standard InChI is InChI=1S/C21H25N5O6/c27-19(9-2-4-11-23-18-8-1-3-10-22-18)24-14-20(28)25-17(13-21(29)30)15-6-5-7-16(12-15)26(31)32/h1,3,5-8,10,12,17H,2,4,9,11,13-14H2,(H,22,23)(H,24,27)(H,25,28)(H,29,30). The number of carbonyl (C=O) groups excluding carboxylic acids is 2. The molecule has 0 fully saturated rings. The van der Waals surface area contributed by atoms with Gasteiger partial charge in [0.25, 0.3) is 5.69 Å². The molecular formula is C21H25N5O6. The van der Waals surface area contributed by atoms with Gasteiger partial charge in [0, 0.05) is 31.3 Å². The smallest absolute Gasteiger partial charge is 0.305 e. The number of aromatic nitrogens is 1. The van der Waals surface area contributed by atoms with Gasteiger partial charge in [-0.1, -0.05) is 18.2 Å². The molecule has 0 saturated carbocycles. The van der Waals surface area contributed by atoms with Crippen LogP contribution in [0.4, 0.5) is 11.5 Å². The number of carbonyl (C=O) groups is 3. The number of rotatable bonds is 13. The number of carboxylic acids is 1. The van der Waals surface area contributed by atoms with E-state index in [0.29, 0.717) is 18.5 Å². The number of hydrogen-bond donors (Lipinski definition) is 4. The monoisotopic (exact) mass is 443 g/mol. The number of nitrogens with one attached hydrogen (secondary N) is 3. The third-order valence-electron chi connectivity index (χ3n) is 4.45. The summed E-state index contributed by atoms with van der Waals surface area (Å²) in [5.74, 6) is -1.31. The number of benzene rings is 1. The molecule has 1 atom stereocenters. The number of amides is 2. The molecule has 2 aromatic rings. The number of nitrogens with zero attached hydrogens (tertiary/aromatic N) is 2. The molecule has 0 saturated heterocycles. The van der Waals surface area contributed by atoms with Gasteiger partial charge in [-0.25, -0.2) is 4.98 Å². The number of anilines is 1. The second-order valence-electron chi connectivity index (χ2n) is 6.95. The van der Waals surface area contributed by atoms with E-state index in [1.54, 1.807) is 6.20 Å². The van der Waals surface area contributed by atoms with E-state index in [2.05, 4.69) is 20.9 Å². The quantitative estimate of drug-likeness (QED) is 0.207. The van der Waals surface area contributed by atoms with Gasteiger partial charge in [-0.05, 0) is 30.5 Å². The highest BCUT2D eigenvalue weighted by molar-refractivity contribution is 5.85. The number of aliphatic carboxylic acids is 1. The number of nitro benzene ring substituents is 1. The average Bonchev–Trinajstić information content (AvgIpc) is 2.77. The maximum Gasteiger partial charge on any atom is 0.305 e. The summed E-state index contributed by atoms with van der Waals surface area (Å²) in [6, 6.07) is 9.97. The van der Waals surface area contributed by atoms with Crippen molar-refractivity contribution in [2.24, 2.45) is 0 Å². The van der Waals surface area contributed by atoms with E-state index in [1.165, 1.54) is 24.3 Å². The molecule has 11 heteroatoms. The maximum atomic E-state index is 12.2. The van der Waals surface area contributed by atoms with E-state index >= 15 is 0 Å². The fraction of sp³-hybridized carbons (Fsp3) is 0.333. The van der Waals surface area contributed by atoms with Crippen molar-refractivity contribution in [2.45, 2.75) is 31.7 Å². The first-order valence-electron chi connectivity index (χ1n) is 10.0. The molecular weight excluding hydrogens is 418 g/mol. The van der Waals surface area contributed by atoms with E-state index in [9.17, 15) is 24.5 Å². The first-order valence-corrected chi connectivity index (χ1v) is 10.0. The topological polar surface area (TPSA) is 164 Å². The van der Waals surface area contributed by atoms with Gasteiger partial charge in [0.05, 0.1) is 23.9 Å². The van der Waals surface area contributed by atoms with Gasteiger partial charge in [-0.3, -0.25) is 24.5 Å². The predicted octanol–water partition coefficient (Wildman–Crippen LogP) is 2.02. The lowest BCUT2D eigenvalue weighted by Gasteiger charge is -2.17. The van der Waals surface area contributed by atoms with Gasteiger partial charge < -0.3 is 21.1 Å². The molecule has 1 heterocycles. The van der Waals surface area contributed by atoms with Crippen molar-refractivity contribution in [3.8, 4) is 0 Å². The summed E-state index contributed by atoms with van der Waals surface area (Å²) in [6.07, 6.45) is 2.82. The van der Waals surface area contributed by atoms with Gasteiger partial charge >= 0.3 is 5.97 Å². The normalized spacial score (nSPS) is 11.2. The highest BCUT2D eigenvalue weighted by Crippen LogP contribution is 2.21. The molecule has 0 spiro atoms. The summed E-state index contributed by atoms with van der Waals surface area (Å²) in [4.78, 5) is 49.8. The molecule has 1 aromatic carbocycles. The first kappa shape index (κ1) is 24.3. The summed E-state index contributed by atoms with van der Waals surface area (Å²) in [5.41, 5.74) is 0.0830.